The van der Waals surface area contributed by atoms with E-state index in [1.165, 1.54) is 0 Å². The van der Waals surface area contributed by atoms with Crippen molar-refractivity contribution in [3.63, 3.8) is 0 Å². The molecule has 4 heteroatoms. The molecule has 0 saturated carbocycles. The topological polar surface area (TPSA) is 46.9 Å². The lowest BCUT2D eigenvalue weighted by Gasteiger charge is -2.15. The maximum absolute atomic E-state index is 11.6. The van der Waals surface area contributed by atoms with Crippen LogP contribution in [0.25, 0.3) is 0 Å². The number of rotatable bonds is 5. The molecule has 0 radical (unpaired) electrons. The Hall–Kier alpha value is -2.10. The highest BCUT2D eigenvalue weighted by Crippen LogP contribution is 2.15. The van der Waals surface area contributed by atoms with Crippen molar-refractivity contribution in [3.05, 3.63) is 58.8 Å². The first-order valence-electron chi connectivity index (χ1n) is 6.58. The van der Waals surface area contributed by atoms with E-state index in [1.807, 2.05) is 30.5 Å². The average molecular weight is 257 g/mol. The lowest BCUT2D eigenvalue weighted by molar-refractivity contribution is 0.653. The smallest absolute Gasteiger partial charge is 0.250 e. The van der Waals surface area contributed by atoms with Crippen LogP contribution in [0, 0.1) is 0 Å². The zero-order valence-corrected chi connectivity index (χ0v) is 11.3. The quantitative estimate of drug-likeness (QED) is 0.896. The zero-order valence-electron chi connectivity index (χ0n) is 11.3. The van der Waals surface area contributed by atoms with Crippen LogP contribution in [0.3, 0.4) is 0 Å². The summed E-state index contributed by atoms with van der Waals surface area (Å²) in [5, 5.41) is 3.36. The fourth-order valence-electron chi connectivity index (χ4n) is 1.99. The van der Waals surface area contributed by atoms with Crippen molar-refractivity contribution in [2.24, 2.45) is 0 Å². The Morgan fingerprint density at radius 3 is 2.84 bits per heavy atom. The van der Waals surface area contributed by atoms with Gasteiger partial charge >= 0.3 is 0 Å². The second-order valence-corrected chi connectivity index (χ2v) is 4.57. The fourth-order valence-corrected chi connectivity index (χ4v) is 1.99. The molecule has 4 nitrogen and oxygen atoms in total. The van der Waals surface area contributed by atoms with Crippen molar-refractivity contribution in [2.75, 3.05) is 5.32 Å². The van der Waals surface area contributed by atoms with Gasteiger partial charge in [-0.05, 0) is 31.5 Å². The van der Waals surface area contributed by atoms with Crippen molar-refractivity contribution in [3.8, 4) is 0 Å². The van der Waals surface area contributed by atoms with E-state index >= 15 is 0 Å². The zero-order chi connectivity index (χ0) is 13.7. The van der Waals surface area contributed by atoms with Crippen LogP contribution in [-0.2, 0) is 6.54 Å². The van der Waals surface area contributed by atoms with Gasteiger partial charge in [0.1, 0.15) is 0 Å². The van der Waals surface area contributed by atoms with E-state index in [2.05, 4.69) is 24.1 Å². The van der Waals surface area contributed by atoms with Gasteiger partial charge in [0.2, 0.25) is 0 Å². The minimum atomic E-state index is 0.0397. The lowest BCUT2D eigenvalue weighted by atomic mass is 10.2. The van der Waals surface area contributed by atoms with Crippen molar-refractivity contribution in [1.82, 2.24) is 9.55 Å². The van der Waals surface area contributed by atoms with E-state index < -0.39 is 0 Å². The molecule has 19 heavy (non-hydrogen) atoms. The van der Waals surface area contributed by atoms with E-state index in [0.29, 0.717) is 0 Å². The van der Waals surface area contributed by atoms with Crippen LogP contribution < -0.4 is 10.9 Å². The van der Waals surface area contributed by atoms with Gasteiger partial charge in [-0.25, -0.2) is 0 Å². The molecule has 2 rings (SSSR count). The van der Waals surface area contributed by atoms with Crippen molar-refractivity contribution < 1.29 is 0 Å². The largest absolute Gasteiger partial charge is 0.376 e. The van der Waals surface area contributed by atoms with E-state index in [-0.39, 0.29) is 11.6 Å². The van der Waals surface area contributed by atoms with Gasteiger partial charge in [-0.1, -0.05) is 13.0 Å². The first-order chi connectivity index (χ1) is 9.20. The molecule has 0 bridgehead atoms. The van der Waals surface area contributed by atoms with Crippen LogP contribution >= 0.6 is 0 Å². The first-order valence-corrected chi connectivity index (χ1v) is 6.58. The van der Waals surface area contributed by atoms with Crippen molar-refractivity contribution in [1.29, 1.82) is 0 Å². The van der Waals surface area contributed by atoms with Crippen molar-refractivity contribution in [2.45, 2.75) is 32.9 Å². The molecule has 1 unspecified atom stereocenters. The molecule has 0 aliphatic rings. The van der Waals surface area contributed by atoms with Gasteiger partial charge in [0.05, 0.1) is 17.4 Å². The summed E-state index contributed by atoms with van der Waals surface area (Å²) in [5.74, 6) is 0. The Morgan fingerprint density at radius 2 is 2.16 bits per heavy atom. The summed E-state index contributed by atoms with van der Waals surface area (Å²) in [7, 11) is 0. The summed E-state index contributed by atoms with van der Waals surface area (Å²) in [4.78, 5) is 16.0. The maximum Gasteiger partial charge on any atom is 0.250 e. The molecule has 2 aromatic rings. The molecule has 0 fully saturated rings. The molecule has 0 amide bonds. The summed E-state index contributed by atoms with van der Waals surface area (Å²) in [6.07, 6.45) is 4.59. The number of anilines is 1. The molecule has 1 N–H and O–H groups in total. The monoisotopic (exact) mass is 257 g/mol. The van der Waals surface area contributed by atoms with Gasteiger partial charge in [-0.15, -0.1) is 0 Å². The third kappa shape index (κ3) is 3.44. The Kier molecular flexibility index (Phi) is 4.34. The molecule has 0 saturated heterocycles. The summed E-state index contributed by atoms with van der Waals surface area (Å²) >= 11 is 0. The van der Waals surface area contributed by atoms with E-state index in [0.717, 1.165) is 24.3 Å². The van der Waals surface area contributed by atoms with Crippen LogP contribution in [-0.4, -0.2) is 9.55 Å². The molecule has 100 valence electrons. The average Bonchev–Trinajstić information content (AvgIpc) is 2.44. The molecule has 2 aromatic heterocycles. The van der Waals surface area contributed by atoms with Gasteiger partial charge in [0.15, 0.2) is 0 Å². The van der Waals surface area contributed by atoms with Crippen LogP contribution in [0.5, 0.6) is 0 Å². The molecule has 1 atom stereocenters. The second kappa shape index (κ2) is 6.18. The normalized spacial score (nSPS) is 12.1. The second-order valence-electron chi connectivity index (χ2n) is 4.57. The predicted octanol–water partition coefficient (Wildman–Crippen LogP) is 2.83. The highest BCUT2D eigenvalue weighted by atomic mass is 16.1. The third-order valence-corrected chi connectivity index (χ3v) is 2.96. The molecule has 0 aliphatic heterocycles. The van der Waals surface area contributed by atoms with Crippen LogP contribution in [0.1, 0.15) is 32.0 Å². The highest BCUT2D eigenvalue weighted by Gasteiger charge is 2.06. The minimum Gasteiger partial charge on any atom is -0.376 e. The number of pyridine rings is 2. The molecular weight excluding hydrogens is 238 g/mol. The van der Waals surface area contributed by atoms with Gasteiger partial charge in [-0.3, -0.25) is 9.78 Å². The van der Waals surface area contributed by atoms with E-state index in [1.54, 1.807) is 16.8 Å². The Morgan fingerprint density at radius 1 is 1.32 bits per heavy atom. The summed E-state index contributed by atoms with van der Waals surface area (Å²) in [6.45, 7) is 4.85. The lowest BCUT2D eigenvalue weighted by Crippen LogP contribution is -2.19. The molecular formula is C15H19N3O. The van der Waals surface area contributed by atoms with Crippen LogP contribution in [0.4, 0.5) is 5.69 Å². The Bertz CT molecular complexity index is 577. The van der Waals surface area contributed by atoms with Crippen LogP contribution in [0.15, 0.2) is 47.5 Å². The fraction of sp³-hybridized carbons (Fsp3) is 0.333. The van der Waals surface area contributed by atoms with Gasteiger partial charge in [0, 0.05) is 25.0 Å². The summed E-state index contributed by atoms with van der Waals surface area (Å²) < 4.78 is 1.73. The highest BCUT2D eigenvalue weighted by molar-refractivity contribution is 5.42. The third-order valence-electron chi connectivity index (χ3n) is 2.96. The standard InChI is InChI=1S/C15H19N3O/c1-3-10-18-11-13(7-8-15(18)19)17-12(2)14-6-4-5-9-16-14/h4-9,11-12,17H,3,10H2,1-2H3. The van der Waals surface area contributed by atoms with Gasteiger partial charge in [0.25, 0.3) is 5.56 Å². The summed E-state index contributed by atoms with van der Waals surface area (Å²) in [6, 6.07) is 9.38. The molecule has 2 heterocycles. The van der Waals surface area contributed by atoms with E-state index in [9.17, 15) is 4.79 Å². The number of nitrogens with zero attached hydrogens (tertiary/aromatic N) is 2. The van der Waals surface area contributed by atoms with Crippen molar-refractivity contribution >= 4 is 5.69 Å². The summed E-state index contributed by atoms with van der Waals surface area (Å²) in [5.41, 5.74) is 1.96. The van der Waals surface area contributed by atoms with E-state index in [4.69, 9.17) is 0 Å². The predicted molar refractivity (Wildman–Crippen MR) is 77.3 cm³/mol. The number of hydrogen-bond acceptors (Lipinski definition) is 3. The van der Waals surface area contributed by atoms with Crippen LogP contribution in [0.2, 0.25) is 0 Å². The van der Waals surface area contributed by atoms with Gasteiger partial charge in [-0.2, -0.15) is 0 Å². The Labute approximate surface area is 113 Å². The first kappa shape index (κ1) is 13.3. The number of aryl methyl sites for hydroxylation is 1. The number of aromatic nitrogens is 2. The number of hydrogen-bond donors (Lipinski definition) is 1. The Balaban J connectivity index is 2.15. The number of nitrogens with one attached hydrogen (secondary N) is 1. The van der Waals surface area contributed by atoms with Gasteiger partial charge < -0.3 is 9.88 Å². The molecule has 0 aromatic carbocycles. The molecule has 0 aliphatic carbocycles. The SMILES string of the molecule is CCCn1cc(NC(C)c2ccccn2)ccc1=O. The maximum atomic E-state index is 11.6. The minimum absolute atomic E-state index is 0.0397. The molecule has 0 spiro atoms.